The standard InChI is InChI=1S/C30H22F4N2O6S/c1-30-22(28(38)40-3)25(16-6-4-5-7-20(16)42-30)36-27(37)21(43-29(36)35-30)11-14-8-9-19(39-2)15(10-14)13-41-26-23(33)17(31)12-18(32)24(26)34/h4-12,22,25H,13H2,1-3H3/t22?,25?,30-/m0/s1. The van der Waals surface area contributed by atoms with Gasteiger partial charge in [-0.1, -0.05) is 35.6 Å². The van der Waals surface area contributed by atoms with Gasteiger partial charge in [0, 0.05) is 17.2 Å². The van der Waals surface area contributed by atoms with Gasteiger partial charge in [-0.15, -0.1) is 0 Å². The number of esters is 1. The Hall–Kier alpha value is -4.65. The molecule has 2 unspecified atom stereocenters. The van der Waals surface area contributed by atoms with Crippen LogP contribution >= 0.6 is 11.3 Å². The number of rotatable bonds is 6. The van der Waals surface area contributed by atoms with Crippen LogP contribution in [-0.4, -0.2) is 30.5 Å². The first kappa shape index (κ1) is 28.5. The van der Waals surface area contributed by atoms with Crippen molar-refractivity contribution in [1.82, 2.24) is 4.57 Å². The van der Waals surface area contributed by atoms with Gasteiger partial charge >= 0.3 is 5.97 Å². The molecular weight excluding hydrogens is 592 g/mol. The molecule has 0 spiro atoms. The number of carbonyl (C=O) groups is 1. The Morgan fingerprint density at radius 2 is 1.81 bits per heavy atom. The minimum atomic E-state index is -1.67. The third kappa shape index (κ3) is 4.63. The predicted molar refractivity (Wildman–Crippen MR) is 146 cm³/mol. The summed E-state index contributed by atoms with van der Waals surface area (Å²) in [5.41, 5.74) is -0.337. The monoisotopic (exact) mass is 614 g/mol. The molecule has 43 heavy (non-hydrogen) atoms. The van der Waals surface area contributed by atoms with Crippen LogP contribution in [0.1, 0.15) is 29.7 Å². The van der Waals surface area contributed by atoms with Crippen LogP contribution < -0.4 is 29.1 Å². The number of fused-ring (bicyclic) bond motifs is 6. The number of ether oxygens (including phenoxy) is 4. The Balaban J connectivity index is 1.43. The number of para-hydroxylation sites is 1. The van der Waals surface area contributed by atoms with Gasteiger partial charge in [0.05, 0.1) is 24.8 Å². The molecule has 6 rings (SSSR count). The van der Waals surface area contributed by atoms with Crippen molar-refractivity contribution in [3.63, 3.8) is 0 Å². The summed E-state index contributed by atoms with van der Waals surface area (Å²) in [4.78, 5) is 31.8. The molecule has 3 heterocycles. The highest BCUT2D eigenvalue weighted by atomic mass is 32.1. The summed E-state index contributed by atoms with van der Waals surface area (Å²) >= 11 is 1.09. The summed E-state index contributed by atoms with van der Waals surface area (Å²) in [5, 5.41) is 0. The van der Waals surface area contributed by atoms with Gasteiger partial charge in [0.25, 0.3) is 5.56 Å². The Labute approximate surface area is 245 Å². The zero-order valence-electron chi connectivity index (χ0n) is 22.8. The topological polar surface area (TPSA) is 88.4 Å². The van der Waals surface area contributed by atoms with Gasteiger partial charge in [-0.3, -0.25) is 14.2 Å². The molecule has 3 atom stereocenters. The highest BCUT2D eigenvalue weighted by Crippen LogP contribution is 2.47. The van der Waals surface area contributed by atoms with Crippen LogP contribution in [0.2, 0.25) is 0 Å². The van der Waals surface area contributed by atoms with Crippen molar-refractivity contribution in [2.75, 3.05) is 14.2 Å². The van der Waals surface area contributed by atoms with Crippen LogP contribution in [0.5, 0.6) is 17.2 Å². The zero-order valence-corrected chi connectivity index (χ0v) is 23.6. The zero-order chi connectivity index (χ0) is 30.6. The summed E-state index contributed by atoms with van der Waals surface area (Å²) in [6.45, 7) is 1.16. The molecule has 3 aromatic carbocycles. The maximum atomic E-state index is 14.1. The Morgan fingerprint density at radius 1 is 1.09 bits per heavy atom. The van der Waals surface area contributed by atoms with Gasteiger partial charge < -0.3 is 18.9 Å². The number of aromatic nitrogens is 1. The average molecular weight is 615 g/mol. The molecule has 0 radical (unpaired) electrons. The molecule has 2 bridgehead atoms. The van der Waals surface area contributed by atoms with E-state index in [0.717, 1.165) is 11.3 Å². The van der Waals surface area contributed by atoms with E-state index in [0.29, 0.717) is 21.7 Å². The fraction of sp³-hybridized carbons (Fsp3) is 0.233. The summed E-state index contributed by atoms with van der Waals surface area (Å²) < 4.78 is 79.0. The summed E-state index contributed by atoms with van der Waals surface area (Å²) in [7, 11) is 2.62. The van der Waals surface area contributed by atoms with Gasteiger partial charge in [-0.2, -0.15) is 8.78 Å². The predicted octanol–water partition coefficient (Wildman–Crippen LogP) is 4.00. The Bertz CT molecular complexity index is 1950. The van der Waals surface area contributed by atoms with E-state index in [1.54, 1.807) is 55.5 Å². The average Bonchev–Trinajstić information content (AvgIpc) is 3.28. The molecule has 0 saturated heterocycles. The Morgan fingerprint density at radius 3 is 2.51 bits per heavy atom. The first-order chi connectivity index (χ1) is 20.6. The van der Waals surface area contributed by atoms with E-state index in [9.17, 15) is 27.2 Å². The lowest BCUT2D eigenvalue weighted by molar-refractivity contribution is -0.158. The molecule has 8 nitrogen and oxygen atoms in total. The van der Waals surface area contributed by atoms with Crippen molar-refractivity contribution < 1.29 is 41.3 Å². The first-order valence-corrected chi connectivity index (χ1v) is 13.7. The van der Waals surface area contributed by atoms with Gasteiger partial charge in [0.2, 0.25) is 17.4 Å². The summed E-state index contributed by atoms with van der Waals surface area (Å²) in [5.74, 6) is -8.49. The summed E-state index contributed by atoms with van der Waals surface area (Å²) in [6.07, 6.45) is 1.58. The molecule has 0 fully saturated rings. The number of hydrogen-bond donors (Lipinski definition) is 0. The molecule has 222 valence electrons. The third-order valence-corrected chi connectivity index (χ3v) is 8.36. The Kier molecular flexibility index (Phi) is 6.99. The number of benzene rings is 3. The maximum Gasteiger partial charge on any atom is 0.317 e. The minimum absolute atomic E-state index is 0.0887. The fourth-order valence-electron chi connectivity index (χ4n) is 5.41. The molecule has 1 aromatic heterocycles. The quantitative estimate of drug-likeness (QED) is 0.185. The summed E-state index contributed by atoms with van der Waals surface area (Å²) in [6, 6.07) is 11.2. The molecule has 0 aliphatic carbocycles. The second-order valence-electron chi connectivity index (χ2n) is 9.98. The van der Waals surface area contributed by atoms with Crippen LogP contribution in [0.4, 0.5) is 17.6 Å². The van der Waals surface area contributed by atoms with E-state index in [4.69, 9.17) is 18.9 Å². The van der Waals surface area contributed by atoms with Crippen LogP contribution in [0.3, 0.4) is 0 Å². The molecule has 0 N–H and O–H groups in total. The number of carbonyl (C=O) groups excluding carboxylic acids is 1. The van der Waals surface area contributed by atoms with Crippen LogP contribution in [0.15, 0.2) is 58.3 Å². The maximum absolute atomic E-state index is 14.1. The molecule has 4 aromatic rings. The molecular formula is C30H22F4N2O6S. The van der Waals surface area contributed by atoms with E-state index in [-0.39, 0.29) is 21.9 Å². The van der Waals surface area contributed by atoms with E-state index < -0.39 is 64.8 Å². The third-order valence-electron chi connectivity index (χ3n) is 7.38. The van der Waals surface area contributed by atoms with Crippen molar-refractivity contribution >= 4 is 23.4 Å². The lowest BCUT2D eigenvalue weighted by Gasteiger charge is -2.44. The lowest BCUT2D eigenvalue weighted by atomic mass is 9.81. The second-order valence-corrected chi connectivity index (χ2v) is 11.0. The smallest absolute Gasteiger partial charge is 0.317 e. The first-order valence-electron chi connectivity index (χ1n) is 12.9. The molecule has 0 amide bonds. The van der Waals surface area contributed by atoms with Crippen LogP contribution in [0, 0.1) is 29.2 Å². The van der Waals surface area contributed by atoms with E-state index in [1.807, 2.05) is 0 Å². The number of methoxy groups -OCH3 is 2. The van der Waals surface area contributed by atoms with Gasteiger partial charge in [-0.05, 0) is 36.8 Å². The van der Waals surface area contributed by atoms with E-state index in [1.165, 1.54) is 18.8 Å². The van der Waals surface area contributed by atoms with Crippen LogP contribution in [-0.2, 0) is 16.1 Å². The highest BCUT2D eigenvalue weighted by molar-refractivity contribution is 7.07. The fourth-order valence-corrected chi connectivity index (χ4v) is 6.51. The SMILES string of the molecule is COC(=O)C1C2c3ccccc3O[C@]1(C)N=c1sc(=Cc3ccc(OC)c(COc4c(F)c(F)cc(F)c4F)c3)c(=O)n12. The normalized spacial score (nSPS) is 20.4. The number of hydrogen-bond acceptors (Lipinski definition) is 8. The minimum Gasteiger partial charge on any atom is -0.496 e. The van der Waals surface area contributed by atoms with E-state index in [2.05, 4.69) is 4.99 Å². The highest BCUT2D eigenvalue weighted by Gasteiger charge is 2.55. The molecule has 13 heteroatoms. The number of thiazole rings is 1. The largest absolute Gasteiger partial charge is 0.496 e. The van der Waals surface area contributed by atoms with E-state index >= 15 is 0 Å². The van der Waals surface area contributed by atoms with Crippen molar-refractivity contribution in [3.8, 4) is 17.2 Å². The van der Waals surface area contributed by atoms with Crippen LogP contribution in [0.25, 0.3) is 6.08 Å². The second kappa shape index (κ2) is 10.6. The molecule has 2 aliphatic heterocycles. The molecule has 2 aliphatic rings. The molecule has 0 saturated carbocycles. The van der Waals surface area contributed by atoms with Crippen molar-refractivity contribution in [2.45, 2.75) is 25.3 Å². The number of halogens is 4. The van der Waals surface area contributed by atoms with Gasteiger partial charge in [-0.25, -0.2) is 13.8 Å². The van der Waals surface area contributed by atoms with Gasteiger partial charge in [0.15, 0.2) is 22.2 Å². The van der Waals surface area contributed by atoms with Crippen molar-refractivity contribution in [3.05, 3.63) is 108 Å². The van der Waals surface area contributed by atoms with Gasteiger partial charge in [0.1, 0.15) is 24.0 Å². The lowest BCUT2D eigenvalue weighted by Crippen LogP contribution is -2.58. The van der Waals surface area contributed by atoms with Crippen molar-refractivity contribution in [2.24, 2.45) is 10.9 Å². The number of nitrogens with zero attached hydrogens (tertiary/aromatic N) is 2. The van der Waals surface area contributed by atoms with Crippen molar-refractivity contribution in [1.29, 1.82) is 0 Å².